The summed E-state index contributed by atoms with van der Waals surface area (Å²) in [5.41, 5.74) is 1.78. The molecule has 0 aliphatic heterocycles. The molecule has 0 spiro atoms. The van der Waals surface area contributed by atoms with Crippen molar-refractivity contribution in [2.24, 2.45) is 0 Å². The summed E-state index contributed by atoms with van der Waals surface area (Å²) in [6.45, 7) is 2.18. The van der Waals surface area contributed by atoms with E-state index in [0.29, 0.717) is 23.1 Å². The van der Waals surface area contributed by atoms with Crippen LogP contribution in [-0.2, 0) is 17.6 Å². The maximum Gasteiger partial charge on any atom is 0.341 e. The fourth-order valence-electron chi connectivity index (χ4n) is 2.94. The molecule has 2 N–H and O–H groups in total. The molecule has 0 amide bonds. The minimum atomic E-state index is -0.273. The summed E-state index contributed by atoms with van der Waals surface area (Å²) in [5, 5.41) is 7.40. The van der Waals surface area contributed by atoms with Crippen LogP contribution in [0.1, 0.15) is 47.0 Å². The highest BCUT2D eigenvalue weighted by atomic mass is 32.1. The van der Waals surface area contributed by atoms with E-state index in [2.05, 4.69) is 15.6 Å². The standard InChI is InChI=1S/C18H21N3O2S2/c1-2-23-17(22)15-12-8-4-3-5-9-13(12)25-16(15)21-18(24)20-14-10-6-7-11-19-14/h6-7,10-11H,2-5,8-9H2,1H3,(H2,19,20,21,24). The molecule has 0 unspecified atom stereocenters. The normalized spacial score (nSPS) is 13.5. The minimum Gasteiger partial charge on any atom is -0.462 e. The Morgan fingerprint density at radius 1 is 1.28 bits per heavy atom. The second-order valence-electron chi connectivity index (χ2n) is 5.78. The van der Waals surface area contributed by atoms with E-state index in [1.54, 1.807) is 17.5 Å². The summed E-state index contributed by atoms with van der Waals surface area (Å²) < 4.78 is 5.29. The van der Waals surface area contributed by atoms with Gasteiger partial charge in [0.25, 0.3) is 0 Å². The number of aromatic nitrogens is 1. The van der Waals surface area contributed by atoms with Gasteiger partial charge in [-0.1, -0.05) is 12.5 Å². The maximum atomic E-state index is 12.5. The van der Waals surface area contributed by atoms with Crippen LogP contribution in [0.4, 0.5) is 10.8 Å². The Labute approximate surface area is 156 Å². The van der Waals surface area contributed by atoms with E-state index in [9.17, 15) is 4.79 Å². The van der Waals surface area contributed by atoms with E-state index in [1.807, 2.05) is 25.1 Å². The van der Waals surface area contributed by atoms with Crippen molar-refractivity contribution in [3.8, 4) is 0 Å². The van der Waals surface area contributed by atoms with E-state index in [-0.39, 0.29) is 5.97 Å². The van der Waals surface area contributed by atoms with E-state index < -0.39 is 0 Å². The van der Waals surface area contributed by atoms with E-state index in [0.717, 1.165) is 36.2 Å². The van der Waals surface area contributed by atoms with Crippen LogP contribution in [0.25, 0.3) is 0 Å². The molecule has 0 saturated carbocycles. The largest absolute Gasteiger partial charge is 0.462 e. The molecule has 132 valence electrons. The summed E-state index contributed by atoms with van der Waals surface area (Å²) in [4.78, 5) is 18.0. The third-order valence-electron chi connectivity index (χ3n) is 4.03. The number of esters is 1. The van der Waals surface area contributed by atoms with Gasteiger partial charge in [0.05, 0.1) is 12.2 Å². The van der Waals surface area contributed by atoms with Crippen LogP contribution in [0.2, 0.25) is 0 Å². The molecular weight excluding hydrogens is 354 g/mol. The predicted molar refractivity (Wildman–Crippen MR) is 106 cm³/mol. The molecule has 0 bridgehead atoms. The number of hydrogen-bond donors (Lipinski definition) is 2. The fourth-order valence-corrected chi connectivity index (χ4v) is 4.49. The van der Waals surface area contributed by atoms with E-state index in [4.69, 9.17) is 17.0 Å². The van der Waals surface area contributed by atoms with Crippen LogP contribution in [0.3, 0.4) is 0 Å². The molecule has 0 aromatic carbocycles. The predicted octanol–water partition coefficient (Wildman–Crippen LogP) is 4.40. The second kappa shape index (κ2) is 8.40. The van der Waals surface area contributed by atoms with Gasteiger partial charge in [-0.25, -0.2) is 9.78 Å². The van der Waals surface area contributed by atoms with Crippen molar-refractivity contribution in [2.45, 2.75) is 39.0 Å². The third kappa shape index (κ3) is 4.35. The average molecular weight is 376 g/mol. The number of thiocarbonyl (C=S) groups is 1. The van der Waals surface area contributed by atoms with Crippen molar-refractivity contribution in [1.29, 1.82) is 0 Å². The van der Waals surface area contributed by atoms with Crippen LogP contribution in [0.15, 0.2) is 24.4 Å². The number of ether oxygens (including phenoxy) is 1. The zero-order valence-corrected chi connectivity index (χ0v) is 15.8. The molecule has 2 aromatic heterocycles. The highest BCUT2D eigenvalue weighted by Gasteiger charge is 2.26. The van der Waals surface area contributed by atoms with Crippen molar-refractivity contribution in [3.05, 3.63) is 40.4 Å². The first kappa shape index (κ1) is 17.8. The SMILES string of the molecule is CCOC(=O)c1c(NC(=S)Nc2ccccn2)sc2c1CCCCC2. The zero-order chi connectivity index (χ0) is 17.6. The lowest BCUT2D eigenvalue weighted by Crippen LogP contribution is -2.21. The Kier molecular flexibility index (Phi) is 5.99. The number of nitrogens with zero attached hydrogens (tertiary/aromatic N) is 1. The molecule has 25 heavy (non-hydrogen) atoms. The second-order valence-corrected chi connectivity index (χ2v) is 7.30. The van der Waals surface area contributed by atoms with Gasteiger partial charge < -0.3 is 15.4 Å². The van der Waals surface area contributed by atoms with Crippen molar-refractivity contribution >= 4 is 45.5 Å². The molecular formula is C18H21N3O2S2. The van der Waals surface area contributed by atoms with Crippen LogP contribution in [0, 0.1) is 0 Å². The molecule has 1 aliphatic carbocycles. The first-order valence-electron chi connectivity index (χ1n) is 8.49. The molecule has 0 fully saturated rings. The van der Waals surface area contributed by atoms with Gasteiger partial charge in [0, 0.05) is 11.1 Å². The van der Waals surface area contributed by atoms with Crippen LogP contribution in [0.5, 0.6) is 0 Å². The van der Waals surface area contributed by atoms with Gasteiger partial charge >= 0.3 is 5.97 Å². The van der Waals surface area contributed by atoms with E-state index in [1.165, 1.54) is 11.3 Å². The van der Waals surface area contributed by atoms with Crippen LogP contribution >= 0.6 is 23.6 Å². The number of pyridine rings is 1. The fraction of sp³-hybridized carbons (Fsp3) is 0.389. The molecule has 2 heterocycles. The van der Waals surface area contributed by atoms with Crippen LogP contribution in [-0.4, -0.2) is 22.7 Å². The molecule has 2 aromatic rings. The number of hydrogen-bond acceptors (Lipinski definition) is 5. The van der Waals surface area contributed by atoms with Gasteiger partial charge in [-0.2, -0.15) is 0 Å². The smallest absolute Gasteiger partial charge is 0.341 e. The number of carbonyl (C=O) groups excluding carboxylic acids is 1. The van der Waals surface area contributed by atoms with Gasteiger partial charge in [-0.15, -0.1) is 11.3 Å². The topological polar surface area (TPSA) is 63.2 Å². The van der Waals surface area contributed by atoms with Gasteiger partial charge in [0.2, 0.25) is 0 Å². The number of nitrogens with one attached hydrogen (secondary N) is 2. The van der Waals surface area contributed by atoms with Gasteiger partial charge in [-0.3, -0.25) is 0 Å². The molecule has 7 heteroatoms. The summed E-state index contributed by atoms with van der Waals surface area (Å²) in [6, 6.07) is 5.57. The Bertz CT molecular complexity index is 759. The number of rotatable bonds is 4. The first-order chi connectivity index (χ1) is 12.2. The Morgan fingerprint density at radius 3 is 2.88 bits per heavy atom. The number of aryl methyl sites for hydroxylation is 1. The number of fused-ring (bicyclic) bond motifs is 1. The van der Waals surface area contributed by atoms with Gasteiger partial charge in [0.1, 0.15) is 10.8 Å². The minimum absolute atomic E-state index is 0.273. The van der Waals surface area contributed by atoms with Crippen molar-refractivity contribution < 1.29 is 9.53 Å². The maximum absolute atomic E-state index is 12.5. The molecule has 0 saturated heterocycles. The molecule has 0 atom stereocenters. The molecule has 0 radical (unpaired) electrons. The quantitative estimate of drug-likeness (QED) is 0.469. The lowest BCUT2D eigenvalue weighted by atomic mass is 10.1. The van der Waals surface area contributed by atoms with Crippen molar-refractivity contribution in [3.63, 3.8) is 0 Å². The summed E-state index contributed by atoms with van der Waals surface area (Å²) in [7, 11) is 0. The van der Waals surface area contributed by atoms with Crippen molar-refractivity contribution in [2.75, 3.05) is 17.2 Å². The third-order valence-corrected chi connectivity index (χ3v) is 5.45. The van der Waals surface area contributed by atoms with Gasteiger partial charge in [0.15, 0.2) is 5.11 Å². The lowest BCUT2D eigenvalue weighted by Gasteiger charge is -2.11. The highest BCUT2D eigenvalue weighted by molar-refractivity contribution is 7.80. The van der Waals surface area contributed by atoms with E-state index >= 15 is 0 Å². The summed E-state index contributed by atoms with van der Waals surface area (Å²) in [5.74, 6) is 0.390. The Morgan fingerprint density at radius 2 is 2.12 bits per heavy atom. The number of anilines is 2. The number of thiophene rings is 1. The zero-order valence-electron chi connectivity index (χ0n) is 14.1. The molecule has 1 aliphatic rings. The lowest BCUT2D eigenvalue weighted by molar-refractivity contribution is 0.0527. The van der Waals surface area contributed by atoms with Crippen molar-refractivity contribution in [1.82, 2.24) is 4.98 Å². The monoisotopic (exact) mass is 375 g/mol. The summed E-state index contributed by atoms with van der Waals surface area (Å²) >= 11 is 7.00. The molecule has 5 nitrogen and oxygen atoms in total. The average Bonchev–Trinajstić information content (AvgIpc) is 2.77. The van der Waals surface area contributed by atoms with Gasteiger partial charge in [-0.05, 0) is 62.5 Å². The first-order valence-corrected chi connectivity index (χ1v) is 9.72. The number of carbonyl (C=O) groups is 1. The Hall–Kier alpha value is -1.99. The van der Waals surface area contributed by atoms with Crippen LogP contribution < -0.4 is 10.6 Å². The highest BCUT2D eigenvalue weighted by Crippen LogP contribution is 2.38. The molecule has 3 rings (SSSR count). The Balaban J connectivity index is 1.84. The summed E-state index contributed by atoms with van der Waals surface area (Å²) in [6.07, 6.45) is 7.09.